The van der Waals surface area contributed by atoms with Crippen LogP contribution in [0.5, 0.6) is 0 Å². The van der Waals surface area contributed by atoms with Crippen LogP contribution in [0.15, 0.2) is 40.5 Å². The summed E-state index contributed by atoms with van der Waals surface area (Å²) in [6.45, 7) is 1.48. The second kappa shape index (κ2) is 9.46. The molecule has 2 fully saturated rings. The lowest BCUT2D eigenvalue weighted by Crippen LogP contribution is -2.40. The van der Waals surface area contributed by atoms with Crippen molar-refractivity contribution in [3.63, 3.8) is 0 Å². The molecule has 0 aromatic carbocycles. The number of hydrogen-bond acceptors (Lipinski definition) is 7. The number of sulfonamides is 1. The second-order valence-corrected chi connectivity index (χ2v) is 10.2. The fourth-order valence-electron chi connectivity index (χ4n) is 3.71. The van der Waals surface area contributed by atoms with Crippen molar-refractivity contribution >= 4 is 33.5 Å². The van der Waals surface area contributed by atoms with Crippen molar-refractivity contribution in [2.45, 2.75) is 41.6 Å². The van der Waals surface area contributed by atoms with Crippen LogP contribution < -0.4 is 5.32 Å². The predicted octanol–water partition coefficient (Wildman–Crippen LogP) is 2.14. The summed E-state index contributed by atoms with van der Waals surface area (Å²) in [4.78, 5) is 16.7. The molecule has 4 rings (SSSR count). The highest BCUT2D eigenvalue weighted by Gasteiger charge is 2.26. The standard InChI is InChI=1S/C19H25N5O4S2/c25-18(22-17-7-8-21-24(17)15-3-1-2-4-15)14-29-19-6-5-16(13-20-19)30(26,27)23-9-11-28-12-10-23/h5-8,13,15H,1-4,9-12,14H2,(H,22,25). The van der Waals surface area contributed by atoms with Gasteiger partial charge in [-0.3, -0.25) is 4.79 Å². The quantitative estimate of drug-likeness (QED) is 0.643. The largest absolute Gasteiger partial charge is 0.379 e. The number of morpholine rings is 1. The fourth-order valence-corrected chi connectivity index (χ4v) is 5.71. The highest BCUT2D eigenvalue weighted by Crippen LogP contribution is 2.31. The number of thioether (sulfide) groups is 1. The SMILES string of the molecule is O=C(CSc1ccc(S(=O)(=O)N2CCOCC2)cn1)Nc1ccnn1C1CCCC1. The minimum absolute atomic E-state index is 0.147. The van der Waals surface area contributed by atoms with Crippen molar-refractivity contribution in [2.75, 3.05) is 37.4 Å². The van der Waals surface area contributed by atoms with Crippen molar-refractivity contribution in [1.29, 1.82) is 0 Å². The summed E-state index contributed by atoms with van der Waals surface area (Å²) in [5.74, 6) is 0.747. The van der Waals surface area contributed by atoms with Gasteiger partial charge in [-0.25, -0.2) is 18.1 Å². The van der Waals surface area contributed by atoms with E-state index in [4.69, 9.17) is 4.74 Å². The maximum Gasteiger partial charge on any atom is 0.244 e. The van der Waals surface area contributed by atoms with Crippen molar-refractivity contribution in [2.24, 2.45) is 0 Å². The lowest BCUT2D eigenvalue weighted by Gasteiger charge is -2.25. The normalized spacial score (nSPS) is 18.5. The van der Waals surface area contributed by atoms with Gasteiger partial charge in [-0.15, -0.1) is 0 Å². The molecule has 2 aromatic heterocycles. The summed E-state index contributed by atoms with van der Waals surface area (Å²) in [5.41, 5.74) is 0. The number of hydrogen-bond donors (Lipinski definition) is 1. The van der Waals surface area contributed by atoms with Crippen LogP contribution in [0.4, 0.5) is 5.82 Å². The van der Waals surface area contributed by atoms with E-state index in [1.807, 2.05) is 10.7 Å². The van der Waals surface area contributed by atoms with E-state index in [9.17, 15) is 13.2 Å². The minimum atomic E-state index is -3.56. The molecule has 1 aliphatic heterocycles. The summed E-state index contributed by atoms with van der Waals surface area (Å²) < 4.78 is 33.8. The third-order valence-corrected chi connectivity index (χ3v) is 8.10. The zero-order valence-electron chi connectivity index (χ0n) is 16.6. The molecule has 162 valence electrons. The van der Waals surface area contributed by atoms with Crippen LogP contribution in [0.25, 0.3) is 0 Å². The van der Waals surface area contributed by atoms with Crippen LogP contribution in [0.2, 0.25) is 0 Å². The molecule has 1 amide bonds. The van der Waals surface area contributed by atoms with Gasteiger partial charge in [-0.05, 0) is 25.0 Å². The molecule has 30 heavy (non-hydrogen) atoms. The van der Waals surface area contributed by atoms with E-state index in [0.717, 1.165) is 12.8 Å². The highest BCUT2D eigenvalue weighted by molar-refractivity contribution is 7.99. The number of ether oxygens (including phenoxy) is 1. The summed E-state index contributed by atoms with van der Waals surface area (Å²) >= 11 is 1.26. The Bertz CT molecular complexity index is 965. The van der Waals surface area contributed by atoms with Crippen molar-refractivity contribution in [3.8, 4) is 0 Å². The molecule has 2 aromatic rings. The van der Waals surface area contributed by atoms with Crippen LogP contribution in [0, 0.1) is 0 Å². The predicted molar refractivity (Wildman–Crippen MR) is 113 cm³/mol. The minimum Gasteiger partial charge on any atom is -0.379 e. The molecule has 2 aliphatic rings. The maximum absolute atomic E-state index is 12.6. The number of rotatable bonds is 7. The number of anilines is 1. The number of amides is 1. The molecule has 0 spiro atoms. The first-order chi connectivity index (χ1) is 14.5. The zero-order valence-corrected chi connectivity index (χ0v) is 18.2. The van der Waals surface area contributed by atoms with Gasteiger partial charge < -0.3 is 10.1 Å². The van der Waals surface area contributed by atoms with Gasteiger partial charge in [0.2, 0.25) is 15.9 Å². The molecule has 0 bridgehead atoms. The van der Waals surface area contributed by atoms with Gasteiger partial charge in [-0.1, -0.05) is 24.6 Å². The topological polar surface area (TPSA) is 106 Å². The Balaban J connectivity index is 1.32. The second-order valence-electron chi connectivity index (χ2n) is 7.28. The number of nitrogens with zero attached hydrogens (tertiary/aromatic N) is 4. The van der Waals surface area contributed by atoms with Gasteiger partial charge in [0, 0.05) is 25.4 Å². The third-order valence-electron chi connectivity index (χ3n) is 5.28. The van der Waals surface area contributed by atoms with E-state index < -0.39 is 10.0 Å². The molecule has 0 unspecified atom stereocenters. The van der Waals surface area contributed by atoms with Gasteiger partial charge in [-0.2, -0.15) is 9.40 Å². The summed E-state index contributed by atoms with van der Waals surface area (Å²) in [6, 6.07) is 5.33. The average Bonchev–Trinajstić information content (AvgIpc) is 3.45. The van der Waals surface area contributed by atoms with E-state index in [0.29, 0.717) is 43.2 Å². The van der Waals surface area contributed by atoms with Crippen LogP contribution in [-0.2, 0) is 19.6 Å². The molecular weight excluding hydrogens is 426 g/mol. The monoisotopic (exact) mass is 451 g/mol. The molecule has 3 heterocycles. The summed E-state index contributed by atoms with van der Waals surface area (Å²) in [5, 5.41) is 7.86. The first-order valence-corrected chi connectivity index (χ1v) is 12.5. The van der Waals surface area contributed by atoms with Crippen molar-refractivity contribution in [3.05, 3.63) is 30.6 Å². The first-order valence-electron chi connectivity index (χ1n) is 10.0. The van der Waals surface area contributed by atoms with E-state index in [1.165, 1.54) is 41.2 Å². The van der Waals surface area contributed by atoms with Gasteiger partial charge in [0.25, 0.3) is 0 Å². The number of aromatic nitrogens is 3. The molecule has 1 saturated heterocycles. The molecule has 1 N–H and O–H groups in total. The Kier molecular flexibility index (Phi) is 6.71. The van der Waals surface area contributed by atoms with Gasteiger partial charge >= 0.3 is 0 Å². The summed E-state index contributed by atoms with van der Waals surface area (Å²) in [6.07, 6.45) is 7.61. The number of carbonyl (C=O) groups excluding carboxylic acids is 1. The Morgan fingerprint density at radius 1 is 1.20 bits per heavy atom. The smallest absolute Gasteiger partial charge is 0.244 e. The van der Waals surface area contributed by atoms with Gasteiger partial charge in [0.1, 0.15) is 10.7 Å². The Hall–Kier alpha value is -1.95. The molecule has 1 aliphatic carbocycles. The zero-order chi connectivity index (χ0) is 21.0. The van der Waals surface area contributed by atoms with Gasteiger partial charge in [0.05, 0.1) is 36.2 Å². The first kappa shape index (κ1) is 21.3. The third kappa shape index (κ3) is 4.85. The lowest BCUT2D eigenvalue weighted by atomic mass is 10.2. The Morgan fingerprint density at radius 3 is 2.67 bits per heavy atom. The lowest BCUT2D eigenvalue weighted by molar-refractivity contribution is -0.113. The van der Waals surface area contributed by atoms with E-state index >= 15 is 0 Å². The molecular formula is C19H25N5O4S2. The van der Waals surface area contributed by atoms with Crippen LogP contribution in [0.3, 0.4) is 0 Å². The van der Waals surface area contributed by atoms with E-state index in [2.05, 4.69) is 15.4 Å². The molecule has 9 nitrogen and oxygen atoms in total. The van der Waals surface area contributed by atoms with E-state index in [1.54, 1.807) is 12.3 Å². The van der Waals surface area contributed by atoms with Gasteiger partial charge in [0.15, 0.2) is 0 Å². The maximum atomic E-state index is 12.6. The van der Waals surface area contributed by atoms with Crippen molar-refractivity contribution < 1.29 is 17.9 Å². The Morgan fingerprint density at radius 2 is 1.97 bits per heavy atom. The van der Waals surface area contributed by atoms with Crippen LogP contribution in [0.1, 0.15) is 31.7 Å². The molecule has 0 radical (unpaired) electrons. The molecule has 0 atom stereocenters. The number of carbonyl (C=O) groups is 1. The average molecular weight is 452 g/mol. The number of nitrogens with one attached hydrogen (secondary N) is 1. The van der Waals surface area contributed by atoms with Crippen LogP contribution in [-0.4, -0.2) is 65.5 Å². The fraction of sp³-hybridized carbons (Fsp3) is 0.526. The summed E-state index contributed by atoms with van der Waals surface area (Å²) in [7, 11) is -3.56. The number of pyridine rings is 1. The van der Waals surface area contributed by atoms with E-state index in [-0.39, 0.29) is 16.6 Å². The molecule has 11 heteroatoms. The van der Waals surface area contributed by atoms with Crippen LogP contribution >= 0.6 is 11.8 Å². The Labute approximate surface area is 180 Å². The van der Waals surface area contributed by atoms with Crippen molar-refractivity contribution in [1.82, 2.24) is 19.1 Å². The highest BCUT2D eigenvalue weighted by atomic mass is 32.2. The molecule has 1 saturated carbocycles.